The number of carbonyl (C=O) groups is 1. The van der Waals surface area contributed by atoms with Gasteiger partial charge in [-0.25, -0.2) is 13.4 Å². The van der Waals surface area contributed by atoms with E-state index in [4.69, 9.17) is 0 Å². The zero-order valence-corrected chi connectivity index (χ0v) is 17.8. The Morgan fingerprint density at radius 3 is 2.47 bits per heavy atom. The van der Waals surface area contributed by atoms with E-state index in [1.165, 1.54) is 39.9 Å². The number of anilines is 2. The molecule has 0 unspecified atom stereocenters. The third kappa shape index (κ3) is 3.92. The second-order valence-electron chi connectivity index (χ2n) is 6.52. The molecule has 0 aliphatic rings. The maximum atomic E-state index is 13.1. The highest BCUT2D eigenvalue weighted by molar-refractivity contribution is 7.92. The molecule has 6 nitrogen and oxygen atoms in total. The topological polar surface area (TPSA) is 79.4 Å². The van der Waals surface area contributed by atoms with Crippen molar-refractivity contribution in [3.8, 4) is 0 Å². The third-order valence-electron chi connectivity index (χ3n) is 4.62. The van der Waals surface area contributed by atoms with Crippen LogP contribution in [0.2, 0.25) is 0 Å². The predicted octanol–water partition coefficient (Wildman–Crippen LogP) is 4.76. The highest BCUT2D eigenvalue weighted by Crippen LogP contribution is 2.24. The van der Waals surface area contributed by atoms with Crippen LogP contribution in [0.25, 0.3) is 10.2 Å². The molecule has 152 valence electrons. The van der Waals surface area contributed by atoms with E-state index >= 15 is 0 Å². The Kier molecular flexibility index (Phi) is 5.52. The number of carbonyl (C=O) groups excluding carboxylic acids is 1. The smallest absolute Gasteiger partial charge is 0.264 e. The number of fused-ring (bicyclic) bond motifs is 1. The van der Waals surface area contributed by atoms with Crippen molar-refractivity contribution in [2.24, 2.45) is 0 Å². The van der Waals surface area contributed by atoms with Crippen LogP contribution in [0.1, 0.15) is 17.3 Å². The van der Waals surface area contributed by atoms with E-state index in [-0.39, 0.29) is 10.8 Å². The zero-order valence-electron chi connectivity index (χ0n) is 16.1. The number of rotatable bonds is 6. The number of hydrogen-bond donors (Lipinski definition) is 1. The van der Waals surface area contributed by atoms with Gasteiger partial charge in [0.25, 0.3) is 15.9 Å². The van der Waals surface area contributed by atoms with E-state index in [0.29, 0.717) is 23.5 Å². The number of hydrogen-bond acceptors (Lipinski definition) is 5. The molecular formula is C22H19N3O3S2. The van der Waals surface area contributed by atoms with E-state index in [9.17, 15) is 13.2 Å². The van der Waals surface area contributed by atoms with E-state index in [1.807, 2.05) is 24.3 Å². The minimum atomic E-state index is -3.73. The molecule has 0 atom stereocenters. The highest BCUT2D eigenvalue weighted by atomic mass is 32.2. The molecule has 4 aromatic rings. The molecule has 1 N–H and O–H groups in total. The van der Waals surface area contributed by atoms with Crippen LogP contribution in [-0.2, 0) is 10.0 Å². The van der Waals surface area contributed by atoms with Crippen molar-refractivity contribution in [2.75, 3.05) is 16.2 Å². The molecular weight excluding hydrogens is 418 g/mol. The Morgan fingerprint density at radius 1 is 1.03 bits per heavy atom. The average molecular weight is 438 g/mol. The van der Waals surface area contributed by atoms with Gasteiger partial charge in [0, 0.05) is 17.8 Å². The third-order valence-corrected chi connectivity index (χ3v) is 7.35. The number of nitrogens with one attached hydrogen (secondary N) is 1. The molecule has 0 fully saturated rings. The van der Waals surface area contributed by atoms with Gasteiger partial charge in [-0.3, -0.25) is 9.10 Å². The molecule has 8 heteroatoms. The van der Waals surface area contributed by atoms with Gasteiger partial charge in [-0.1, -0.05) is 18.2 Å². The first-order valence-electron chi connectivity index (χ1n) is 9.31. The first-order chi connectivity index (χ1) is 14.5. The Hall–Kier alpha value is -3.23. The second kappa shape index (κ2) is 8.25. The molecule has 0 aliphatic heterocycles. The number of sulfonamides is 1. The molecule has 0 saturated heterocycles. The Morgan fingerprint density at radius 2 is 1.77 bits per heavy atom. The van der Waals surface area contributed by atoms with E-state index in [0.717, 1.165) is 10.2 Å². The molecule has 0 bridgehead atoms. The Labute approximate surface area is 178 Å². The number of para-hydroxylation sites is 1. The van der Waals surface area contributed by atoms with Crippen LogP contribution >= 0.6 is 11.3 Å². The van der Waals surface area contributed by atoms with Crippen molar-refractivity contribution in [3.63, 3.8) is 0 Å². The number of thiazole rings is 1. The summed E-state index contributed by atoms with van der Waals surface area (Å²) in [5.74, 6) is -0.316. The summed E-state index contributed by atoms with van der Waals surface area (Å²) in [5.41, 5.74) is 4.18. The lowest BCUT2D eigenvalue weighted by atomic mass is 10.2. The fourth-order valence-corrected chi connectivity index (χ4v) is 5.26. The van der Waals surface area contributed by atoms with Gasteiger partial charge < -0.3 is 5.32 Å². The van der Waals surface area contributed by atoms with Crippen LogP contribution in [0.3, 0.4) is 0 Å². The van der Waals surface area contributed by atoms with E-state index < -0.39 is 10.0 Å². The summed E-state index contributed by atoms with van der Waals surface area (Å²) in [7, 11) is -3.73. The highest BCUT2D eigenvalue weighted by Gasteiger charge is 2.23. The first-order valence-corrected chi connectivity index (χ1v) is 11.6. The fraction of sp³-hybridized carbons (Fsp3) is 0.0909. The summed E-state index contributed by atoms with van der Waals surface area (Å²) in [5, 5.41) is 2.82. The first kappa shape index (κ1) is 20.1. The van der Waals surface area contributed by atoms with Gasteiger partial charge in [-0.05, 0) is 61.5 Å². The van der Waals surface area contributed by atoms with Gasteiger partial charge in [0.2, 0.25) is 0 Å². The SMILES string of the molecule is CCN(c1ccccc1)S(=O)(=O)c1ccc(C(=O)Nc2ccc3scnc3c2)cc1. The molecule has 0 saturated carbocycles. The van der Waals surface area contributed by atoms with Crippen LogP contribution in [-0.4, -0.2) is 25.9 Å². The summed E-state index contributed by atoms with van der Waals surface area (Å²) in [6, 6.07) is 20.4. The van der Waals surface area contributed by atoms with Gasteiger partial charge in [0.05, 0.1) is 26.3 Å². The van der Waals surface area contributed by atoms with Gasteiger partial charge in [-0.2, -0.15) is 0 Å². The summed E-state index contributed by atoms with van der Waals surface area (Å²) in [6.45, 7) is 2.08. The minimum absolute atomic E-state index is 0.133. The summed E-state index contributed by atoms with van der Waals surface area (Å²) in [4.78, 5) is 16.9. The van der Waals surface area contributed by atoms with Crippen LogP contribution in [0.15, 0.2) is 83.2 Å². The Balaban J connectivity index is 1.54. The number of nitrogens with zero attached hydrogens (tertiary/aromatic N) is 2. The monoisotopic (exact) mass is 437 g/mol. The molecule has 3 aromatic carbocycles. The van der Waals surface area contributed by atoms with Crippen LogP contribution in [0.5, 0.6) is 0 Å². The lowest BCUT2D eigenvalue weighted by molar-refractivity contribution is 0.102. The quantitative estimate of drug-likeness (QED) is 0.471. The lowest BCUT2D eigenvalue weighted by Crippen LogP contribution is -2.30. The van der Waals surface area contributed by atoms with Crippen LogP contribution in [0, 0.1) is 0 Å². The maximum absolute atomic E-state index is 13.1. The predicted molar refractivity (Wildman–Crippen MR) is 121 cm³/mol. The van der Waals surface area contributed by atoms with Gasteiger partial charge in [0.1, 0.15) is 0 Å². The summed E-state index contributed by atoms with van der Waals surface area (Å²) < 4.78 is 28.5. The second-order valence-corrected chi connectivity index (χ2v) is 9.27. The van der Waals surface area contributed by atoms with Crippen molar-refractivity contribution in [3.05, 3.63) is 83.9 Å². The molecule has 1 aromatic heterocycles. The number of aromatic nitrogens is 1. The van der Waals surface area contributed by atoms with Gasteiger partial charge >= 0.3 is 0 Å². The van der Waals surface area contributed by atoms with Crippen molar-refractivity contribution < 1.29 is 13.2 Å². The Bertz CT molecular complexity index is 1280. The van der Waals surface area contributed by atoms with Crippen molar-refractivity contribution in [2.45, 2.75) is 11.8 Å². The minimum Gasteiger partial charge on any atom is -0.322 e. The van der Waals surface area contributed by atoms with Gasteiger partial charge in [0.15, 0.2) is 0 Å². The maximum Gasteiger partial charge on any atom is 0.264 e. The molecule has 4 rings (SSSR count). The molecule has 0 radical (unpaired) electrons. The molecule has 0 aliphatic carbocycles. The van der Waals surface area contributed by atoms with E-state index in [2.05, 4.69) is 10.3 Å². The number of amides is 1. The molecule has 1 amide bonds. The fourth-order valence-electron chi connectivity index (χ4n) is 3.13. The van der Waals surface area contributed by atoms with Crippen molar-refractivity contribution in [1.29, 1.82) is 0 Å². The van der Waals surface area contributed by atoms with Gasteiger partial charge in [-0.15, -0.1) is 11.3 Å². The molecule has 0 spiro atoms. The van der Waals surface area contributed by atoms with Crippen LogP contribution in [0.4, 0.5) is 11.4 Å². The normalized spacial score (nSPS) is 11.4. The zero-order chi connectivity index (χ0) is 21.1. The molecule has 1 heterocycles. The molecule has 30 heavy (non-hydrogen) atoms. The van der Waals surface area contributed by atoms with E-state index in [1.54, 1.807) is 36.7 Å². The van der Waals surface area contributed by atoms with Crippen molar-refractivity contribution in [1.82, 2.24) is 4.98 Å². The largest absolute Gasteiger partial charge is 0.322 e. The summed E-state index contributed by atoms with van der Waals surface area (Å²) in [6.07, 6.45) is 0. The number of benzene rings is 3. The van der Waals surface area contributed by atoms with Crippen LogP contribution < -0.4 is 9.62 Å². The average Bonchev–Trinajstić information content (AvgIpc) is 3.23. The lowest BCUT2D eigenvalue weighted by Gasteiger charge is -2.23. The van der Waals surface area contributed by atoms with Crippen molar-refractivity contribution >= 4 is 48.9 Å². The standard InChI is InChI=1S/C22H19N3O3S2/c1-2-25(18-6-4-3-5-7-18)30(27,28)19-11-8-16(9-12-19)22(26)24-17-10-13-21-20(14-17)23-15-29-21/h3-15H,2H2,1H3,(H,24,26). The summed E-state index contributed by atoms with van der Waals surface area (Å²) >= 11 is 1.53.